The molecule has 0 aliphatic rings. The number of halogens is 2. The molecule has 28 heavy (non-hydrogen) atoms. The SMILES string of the molecule is CCCC(F)Cn1ccc2cc(-c3ncc(C(C)(C)O)cn3)c(F)cc2c1=O. The minimum atomic E-state index is -1.12. The second kappa shape index (κ2) is 7.75. The molecule has 1 unspecified atom stereocenters. The summed E-state index contributed by atoms with van der Waals surface area (Å²) in [4.78, 5) is 20.9. The number of aromatic nitrogens is 3. The summed E-state index contributed by atoms with van der Waals surface area (Å²) < 4.78 is 29.8. The van der Waals surface area contributed by atoms with Gasteiger partial charge in [0.15, 0.2) is 5.82 Å². The van der Waals surface area contributed by atoms with Crippen LogP contribution in [0, 0.1) is 5.82 Å². The summed E-state index contributed by atoms with van der Waals surface area (Å²) in [5.41, 5.74) is -0.869. The van der Waals surface area contributed by atoms with Crippen molar-refractivity contribution in [1.82, 2.24) is 14.5 Å². The van der Waals surface area contributed by atoms with Gasteiger partial charge in [-0.1, -0.05) is 13.3 Å². The molecular weight excluding hydrogens is 364 g/mol. The molecule has 3 rings (SSSR count). The molecule has 0 radical (unpaired) electrons. The molecule has 148 valence electrons. The van der Waals surface area contributed by atoms with Crippen molar-refractivity contribution in [3.05, 3.63) is 58.5 Å². The van der Waals surface area contributed by atoms with Gasteiger partial charge < -0.3 is 9.67 Å². The van der Waals surface area contributed by atoms with Crippen molar-refractivity contribution in [3.8, 4) is 11.4 Å². The Hall–Kier alpha value is -2.67. The largest absolute Gasteiger partial charge is 0.386 e. The monoisotopic (exact) mass is 387 g/mol. The first-order valence-corrected chi connectivity index (χ1v) is 9.22. The van der Waals surface area contributed by atoms with Crippen LogP contribution in [-0.2, 0) is 12.1 Å². The van der Waals surface area contributed by atoms with Crippen molar-refractivity contribution < 1.29 is 13.9 Å². The van der Waals surface area contributed by atoms with Crippen LogP contribution in [0.1, 0.15) is 39.2 Å². The normalized spacial score (nSPS) is 13.1. The van der Waals surface area contributed by atoms with E-state index in [4.69, 9.17) is 0 Å². The molecule has 1 aromatic carbocycles. The van der Waals surface area contributed by atoms with E-state index in [1.807, 2.05) is 6.92 Å². The van der Waals surface area contributed by atoms with E-state index in [0.717, 1.165) is 6.07 Å². The van der Waals surface area contributed by atoms with Gasteiger partial charge in [-0.2, -0.15) is 0 Å². The third-order valence-corrected chi connectivity index (χ3v) is 4.66. The van der Waals surface area contributed by atoms with Gasteiger partial charge in [0.2, 0.25) is 0 Å². The summed E-state index contributed by atoms with van der Waals surface area (Å²) in [5.74, 6) is -0.480. The molecule has 0 aliphatic carbocycles. The van der Waals surface area contributed by atoms with Gasteiger partial charge in [-0.05, 0) is 43.9 Å². The zero-order valence-corrected chi connectivity index (χ0v) is 16.1. The number of rotatable bonds is 6. The van der Waals surface area contributed by atoms with Crippen LogP contribution in [0.4, 0.5) is 8.78 Å². The molecule has 1 N–H and O–H groups in total. The lowest BCUT2D eigenvalue weighted by molar-refractivity contribution is 0.0778. The van der Waals surface area contributed by atoms with Crippen molar-refractivity contribution >= 4 is 10.8 Å². The van der Waals surface area contributed by atoms with Gasteiger partial charge in [-0.15, -0.1) is 0 Å². The number of fused-ring (bicyclic) bond motifs is 1. The Bertz CT molecular complexity index is 1040. The molecule has 3 aromatic rings. The van der Waals surface area contributed by atoms with E-state index < -0.39 is 23.1 Å². The predicted molar refractivity (Wildman–Crippen MR) is 104 cm³/mol. The molecule has 5 nitrogen and oxygen atoms in total. The van der Waals surface area contributed by atoms with Gasteiger partial charge in [-0.3, -0.25) is 4.79 Å². The molecule has 0 saturated heterocycles. The van der Waals surface area contributed by atoms with Crippen molar-refractivity contribution in [2.24, 2.45) is 0 Å². The zero-order valence-electron chi connectivity index (χ0n) is 16.1. The highest BCUT2D eigenvalue weighted by Gasteiger charge is 2.18. The average Bonchev–Trinajstić information content (AvgIpc) is 2.64. The summed E-state index contributed by atoms with van der Waals surface area (Å²) in [5, 5.41) is 10.7. The summed E-state index contributed by atoms with van der Waals surface area (Å²) in [6.45, 7) is 5.04. The number of pyridine rings is 1. The molecule has 1 atom stereocenters. The molecule has 2 heterocycles. The molecule has 2 aromatic heterocycles. The Balaban J connectivity index is 2.01. The first-order chi connectivity index (χ1) is 13.2. The van der Waals surface area contributed by atoms with E-state index in [9.17, 15) is 18.7 Å². The maximum atomic E-state index is 14.7. The van der Waals surface area contributed by atoms with Crippen LogP contribution in [0.2, 0.25) is 0 Å². The second-order valence-electron chi connectivity index (χ2n) is 7.43. The first-order valence-electron chi connectivity index (χ1n) is 9.22. The topological polar surface area (TPSA) is 68.0 Å². The zero-order chi connectivity index (χ0) is 20.5. The van der Waals surface area contributed by atoms with Gasteiger partial charge in [0, 0.05) is 24.2 Å². The average molecular weight is 387 g/mol. The second-order valence-corrected chi connectivity index (χ2v) is 7.43. The third-order valence-electron chi connectivity index (χ3n) is 4.66. The summed E-state index contributed by atoms with van der Waals surface area (Å²) in [7, 11) is 0. The van der Waals surface area contributed by atoms with Gasteiger partial charge >= 0.3 is 0 Å². The fourth-order valence-corrected chi connectivity index (χ4v) is 3.02. The van der Waals surface area contributed by atoms with Gasteiger partial charge in [0.25, 0.3) is 5.56 Å². The van der Waals surface area contributed by atoms with Crippen molar-refractivity contribution in [2.75, 3.05) is 0 Å². The molecule has 0 aliphatic heterocycles. The van der Waals surface area contributed by atoms with Crippen LogP contribution >= 0.6 is 0 Å². The molecular formula is C21H23F2N3O2. The van der Waals surface area contributed by atoms with Gasteiger partial charge in [0.1, 0.15) is 12.0 Å². The van der Waals surface area contributed by atoms with E-state index in [1.165, 1.54) is 29.2 Å². The maximum absolute atomic E-state index is 14.7. The Labute approximate surface area is 161 Å². The molecule has 0 amide bonds. The van der Waals surface area contributed by atoms with Crippen molar-refractivity contribution in [2.45, 2.75) is 51.9 Å². The van der Waals surface area contributed by atoms with E-state index in [1.54, 1.807) is 19.9 Å². The van der Waals surface area contributed by atoms with Crippen molar-refractivity contribution in [3.63, 3.8) is 0 Å². The Kier molecular flexibility index (Phi) is 5.56. The van der Waals surface area contributed by atoms with E-state index >= 15 is 0 Å². The molecule has 7 heteroatoms. The minimum absolute atomic E-state index is 0.0481. The summed E-state index contributed by atoms with van der Waals surface area (Å²) in [6.07, 6.45) is 4.35. The summed E-state index contributed by atoms with van der Waals surface area (Å²) >= 11 is 0. The highest BCUT2D eigenvalue weighted by Crippen LogP contribution is 2.25. The number of hydrogen-bond acceptors (Lipinski definition) is 4. The van der Waals surface area contributed by atoms with Crippen molar-refractivity contribution in [1.29, 1.82) is 0 Å². The smallest absolute Gasteiger partial charge is 0.258 e. The Morgan fingerprint density at radius 1 is 1.25 bits per heavy atom. The van der Waals surface area contributed by atoms with E-state index in [-0.39, 0.29) is 23.3 Å². The maximum Gasteiger partial charge on any atom is 0.258 e. The standard InChI is InChI=1S/C21H23F2N3O2/c1-4-5-15(22)12-26-7-6-13-8-17(18(23)9-16(13)20(26)27)19-24-10-14(11-25-19)21(2,3)28/h6-11,15,28H,4-5,12H2,1-3H3. The highest BCUT2D eigenvalue weighted by molar-refractivity contribution is 5.85. The van der Waals surface area contributed by atoms with Crippen LogP contribution in [0.25, 0.3) is 22.2 Å². The van der Waals surface area contributed by atoms with Crippen LogP contribution in [-0.4, -0.2) is 25.8 Å². The molecule has 0 bridgehead atoms. The van der Waals surface area contributed by atoms with Gasteiger partial charge in [-0.25, -0.2) is 18.7 Å². The lowest BCUT2D eigenvalue weighted by Crippen LogP contribution is -2.24. The Morgan fingerprint density at radius 2 is 1.93 bits per heavy atom. The molecule has 0 saturated carbocycles. The first kappa shape index (κ1) is 20.1. The van der Waals surface area contributed by atoms with E-state index in [2.05, 4.69) is 9.97 Å². The van der Waals surface area contributed by atoms with Crippen LogP contribution in [0.15, 0.2) is 41.6 Å². The number of aliphatic hydroxyl groups is 1. The van der Waals surface area contributed by atoms with Gasteiger partial charge in [0.05, 0.1) is 23.1 Å². The van der Waals surface area contributed by atoms with Crippen LogP contribution in [0.3, 0.4) is 0 Å². The summed E-state index contributed by atoms with van der Waals surface area (Å²) in [6, 6.07) is 4.31. The number of hydrogen-bond donors (Lipinski definition) is 1. The van der Waals surface area contributed by atoms with Crippen LogP contribution in [0.5, 0.6) is 0 Å². The number of alkyl halides is 1. The fraction of sp³-hybridized carbons (Fsp3) is 0.381. The lowest BCUT2D eigenvalue weighted by atomic mass is 10.0. The number of benzene rings is 1. The third kappa shape index (κ3) is 4.09. The van der Waals surface area contributed by atoms with Crippen LogP contribution < -0.4 is 5.56 Å². The fourth-order valence-electron chi connectivity index (χ4n) is 3.02. The number of nitrogens with zero attached hydrogens (tertiary/aromatic N) is 3. The lowest BCUT2D eigenvalue weighted by Gasteiger charge is -2.16. The minimum Gasteiger partial charge on any atom is -0.386 e. The Morgan fingerprint density at radius 3 is 2.54 bits per heavy atom. The molecule has 0 fully saturated rings. The van der Waals surface area contributed by atoms with E-state index in [0.29, 0.717) is 23.8 Å². The highest BCUT2D eigenvalue weighted by atomic mass is 19.1. The quantitative estimate of drug-likeness (QED) is 0.695. The predicted octanol–water partition coefficient (Wildman–Crippen LogP) is 3.96. The molecule has 0 spiro atoms.